The van der Waals surface area contributed by atoms with Gasteiger partial charge in [-0.2, -0.15) is 5.10 Å². The number of amides is 1. The average Bonchev–Trinajstić information content (AvgIpc) is 3.31. The van der Waals surface area contributed by atoms with Crippen molar-refractivity contribution in [2.75, 3.05) is 25.5 Å². The Labute approximate surface area is 226 Å². The van der Waals surface area contributed by atoms with Crippen molar-refractivity contribution in [1.29, 1.82) is 0 Å². The van der Waals surface area contributed by atoms with E-state index in [1.54, 1.807) is 4.68 Å². The molecule has 0 saturated heterocycles. The molecule has 8 heteroatoms. The van der Waals surface area contributed by atoms with Crippen LogP contribution in [0.3, 0.4) is 0 Å². The highest BCUT2D eigenvalue weighted by atomic mass is 16.1. The highest BCUT2D eigenvalue weighted by molar-refractivity contribution is 5.98. The Morgan fingerprint density at radius 2 is 1.76 bits per heavy atom. The molecule has 2 heterocycles. The van der Waals surface area contributed by atoms with Crippen LogP contribution in [0.25, 0.3) is 11.1 Å². The minimum atomic E-state index is -0.179. The molecule has 0 bridgehead atoms. The fourth-order valence-electron chi connectivity index (χ4n) is 5.85. The van der Waals surface area contributed by atoms with Crippen LogP contribution in [0.1, 0.15) is 65.3 Å². The van der Waals surface area contributed by atoms with Gasteiger partial charge in [-0.15, -0.1) is 0 Å². The number of aromatic nitrogens is 3. The quantitative estimate of drug-likeness (QED) is 0.464. The first-order valence-electron chi connectivity index (χ1n) is 13.6. The molecule has 204 valence electrons. The number of carbonyl (C=O) groups excluding carboxylic acids is 1. The molecule has 1 saturated carbocycles. The van der Waals surface area contributed by atoms with Gasteiger partial charge in [0.15, 0.2) is 0 Å². The number of nitrogens with zero attached hydrogens (tertiary/aromatic N) is 4. The summed E-state index contributed by atoms with van der Waals surface area (Å²) < 4.78 is 1.78. The van der Waals surface area contributed by atoms with Crippen molar-refractivity contribution < 1.29 is 4.79 Å². The monoisotopic (exact) mass is 518 g/mol. The van der Waals surface area contributed by atoms with Gasteiger partial charge < -0.3 is 20.1 Å². The maximum absolute atomic E-state index is 13.6. The van der Waals surface area contributed by atoms with Crippen LogP contribution in [-0.2, 0) is 13.6 Å². The van der Waals surface area contributed by atoms with Crippen molar-refractivity contribution in [2.45, 2.75) is 72.0 Å². The van der Waals surface area contributed by atoms with Crippen molar-refractivity contribution in [3.63, 3.8) is 0 Å². The summed E-state index contributed by atoms with van der Waals surface area (Å²) in [4.78, 5) is 33.8. The molecular weight excluding hydrogens is 476 g/mol. The summed E-state index contributed by atoms with van der Waals surface area (Å²) >= 11 is 0. The normalized spacial score (nSPS) is 17.6. The second kappa shape index (κ2) is 11.6. The largest absolute Gasteiger partial charge is 0.369 e. The molecule has 1 aliphatic rings. The van der Waals surface area contributed by atoms with E-state index in [2.05, 4.69) is 52.3 Å². The van der Waals surface area contributed by atoms with Crippen molar-refractivity contribution in [2.24, 2.45) is 7.05 Å². The first kappa shape index (κ1) is 27.6. The third-order valence-electron chi connectivity index (χ3n) is 8.07. The van der Waals surface area contributed by atoms with E-state index in [-0.39, 0.29) is 18.0 Å². The van der Waals surface area contributed by atoms with E-state index >= 15 is 0 Å². The van der Waals surface area contributed by atoms with E-state index in [9.17, 15) is 9.59 Å². The number of nitrogens with one attached hydrogen (secondary N) is 2. The van der Waals surface area contributed by atoms with Gasteiger partial charge in [0.25, 0.3) is 11.5 Å². The van der Waals surface area contributed by atoms with Crippen LogP contribution >= 0.6 is 0 Å². The van der Waals surface area contributed by atoms with Crippen LogP contribution < -0.4 is 15.8 Å². The second-order valence-electron chi connectivity index (χ2n) is 10.9. The molecule has 0 unspecified atom stereocenters. The number of aromatic amines is 1. The summed E-state index contributed by atoms with van der Waals surface area (Å²) in [6.45, 7) is 9.04. The lowest BCUT2D eigenvalue weighted by molar-refractivity contribution is 0.0950. The van der Waals surface area contributed by atoms with Crippen molar-refractivity contribution in [3.8, 4) is 11.1 Å². The number of hydrogen-bond donors (Lipinski definition) is 2. The highest BCUT2D eigenvalue weighted by Crippen LogP contribution is 2.35. The van der Waals surface area contributed by atoms with Gasteiger partial charge in [-0.25, -0.2) is 0 Å². The summed E-state index contributed by atoms with van der Waals surface area (Å²) in [5.41, 5.74) is 6.73. The zero-order valence-corrected chi connectivity index (χ0v) is 23.9. The summed E-state index contributed by atoms with van der Waals surface area (Å²) in [6.07, 6.45) is 8.42. The molecule has 1 amide bonds. The lowest BCUT2D eigenvalue weighted by Gasteiger charge is -2.40. The number of benzene rings is 1. The van der Waals surface area contributed by atoms with Gasteiger partial charge >= 0.3 is 0 Å². The van der Waals surface area contributed by atoms with Gasteiger partial charge in [0.2, 0.25) is 0 Å². The number of pyridine rings is 1. The summed E-state index contributed by atoms with van der Waals surface area (Å²) in [5, 5.41) is 7.38. The molecule has 1 fully saturated rings. The molecule has 0 spiro atoms. The Morgan fingerprint density at radius 3 is 2.34 bits per heavy atom. The molecule has 8 nitrogen and oxygen atoms in total. The van der Waals surface area contributed by atoms with E-state index in [0.29, 0.717) is 23.2 Å². The van der Waals surface area contributed by atoms with Crippen molar-refractivity contribution >= 4 is 11.6 Å². The molecule has 3 aromatic rings. The molecule has 0 radical (unpaired) electrons. The molecule has 2 N–H and O–H groups in total. The van der Waals surface area contributed by atoms with Crippen LogP contribution in [0, 0.1) is 20.8 Å². The number of aryl methyl sites for hydroxylation is 3. The number of rotatable bonds is 8. The van der Waals surface area contributed by atoms with Gasteiger partial charge in [0, 0.05) is 66.5 Å². The molecule has 4 rings (SSSR count). The first-order chi connectivity index (χ1) is 18.1. The summed E-state index contributed by atoms with van der Waals surface area (Å²) in [5.74, 6) is -0.179. The molecule has 2 aromatic heterocycles. The predicted octanol–water partition coefficient (Wildman–Crippen LogP) is 4.33. The Bertz CT molecular complexity index is 1350. The third-order valence-corrected chi connectivity index (χ3v) is 8.07. The topological polar surface area (TPSA) is 86.3 Å². The SMILES string of the molecule is CCN(c1cc(-c2cnn(C)c2)cc(C(=O)NCc2c(C)cc(C)[nH]c2=O)c1C)C1CCC(N(C)C)CC1. The Hall–Kier alpha value is -3.39. The highest BCUT2D eigenvalue weighted by Gasteiger charge is 2.28. The van der Waals surface area contributed by atoms with Gasteiger partial charge in [0.1, 0.15) is 0 Å². The smallest absolute Gasteiger partial charge is 0.253 e. The number of anilines is 1. The number of hydrogen-bond acceptors (Lipinski definition) is 5. The van der Waals surface area contributed by atoms with Crippen molar-refractivity contribution in [3.05, 3.63) is 68.9 Å². The van der Waals surface area contributed by atoms with E-state index in [1.165, 1.54) is 12.8 Å². The second-order valence-corrected chi connectivity index (χ2v) is 10.9. The van der Waals surface area contributed by atoms with Gasteiger partial charge in [0.05, 0.1) is 6.20 Å². The molecule has 1 aliphatic carbocycles. The Balaban J connectivity index is 1.68. The van der Waals surface area contributed by atoms with Crippen LogP contribution in [0.4, 0.5) is 5.69 Å². The third kappa shape index (κ3) is 5.85. The maximum Gasteiger partial charge on any atom is 0.253 e. The maximum atomic E-state index is 13.6. The average molecular weight is 519 g/mol. The lowest BCUT2D eigenvalue weighted by Crippen LogP contribution is -2.42. The summed E-state index contributed by atoms with van der Waals surface area (Å²) in [7, 11) is 6.23. The fraction of sp³-hybridized carbons (Fsp3) is 0.500. The van der Waals surface area contributed by atoms with Crippen molar-refractivity contribution in [1.82, 2.24) is 25.0 Å². The van der Waals surface area contributed by atoms with E-state index in [0.717, 1.165) is 53.0 Å². The fourth-order valence-corrected chi connectivity index (χ4v) is 5.85. The molecule has 0 atom stereocenters. The minimum absolute atomic E-state index is 0.158. The van der Waals surface area contributed by atoms with Crippen LogP contribution in [0.15, 0.2) is 35.4 Å². The molecule has 0 aliphatic heterocycles. The summed E-state index contributed by atoms with van der Waals surface area (Å²) in [6, 6.07) is 7.15. The molecule has 1 aromatic carbocycles. The predicted molar refractivity (Wildman–Crippen MR) is 154 cm³/mol. The van der Waals surface area contributed by atoms with Crippen LogP contribution in [-0.4, -0.2) is 58.3 Å². The van der Waals surface area contributed by atoms with Gasteiger partial charge in [-0.1, -0.05) is 0 Å². The lowest BCUT2D eigenvalue weighted by atomic mass is 9.88. The van der Waals surface area contributed by atoms with Crippen LogP contribution in [0.2, 0.25) is 0 Å². The molecular formula is C30H42N6O2. The van der Waals surface area contributed by atoms with E-state index in [1.807, 2.05) is 52.3 Å². The number of carbonyl (C=O) groups is 1. The van der Waals surface area contributed by atoms with Crippen LogP contribution in [0.5, 0.6) is 0 Å². The van der Waals surface area contributed by atoms with Gasteiger partial charge in [-0.3, -0.25) is 14.3 Å². The standard InChI is InChI=1S/C30H42N6O2/c1-8-36(25-11-9-24(10-12-25)34(5)6)28-15-22(23-16-32-35(7)18-23)14-26(21(28)4)29(37)31-17-27-19(2)13-20(3)33-30(27)38/h13-16,18,24-25H,8-12,17H2,1-7H3,(H,31,37)(H,33,38). The Kier molecular flexibility index (Phi) is 8.41. The van der Waals surface area contributed by atoms with Gasteiger partial charge in [-0.05, 0) is 102 Å². The van der Waals surface area contributed by atoms with E-state index in [4.69, 9.17) is 0 Å². The zero-order chi connectivity index (χ0) is 27.6. The zero-order valence-electron chi connectivity index (χ0n) is 23.9. The Morgan fingerprint density at radius 1 is 1.08 bits per heavy atom. The first-order valence-corrected chi connectivity index (χ1v) is 13.6. The molecule has 38 heavy (non-hydrogen) atoms. The minimum Gasteiger partial charge on any atom is -0.369 e. The number of H-pyrrole nitrogens is 1. The van der Waals surface area contributed by atoms with E-state index < -0.39 is 0 Å².